The van der Waals surface area contributed by atoms with Crippen LogP contribution >= 0.6 is 0 Å². The fourth-order valence-electron chi connectivity index (χ4n) is 3.83. The summed E-state index contributed by atoms with van der Waals surface area (Å²) in [4.78, 5) is 13.1. The monoisotopic (exact) mass is 446 g/mol. The van der Waals surface area contributed by atoms with E-state index in [1.807, 2.05) is 20.8 Å². The van der Waals surface area contributed by atoms with Crippen molar-refractivity contribution in [1.82, 2.24) is 5.32 Å². The summed E-state index contributed by atoms with van der Waals surface area (Å²) >= 11 is 0. The molecule has 6 nitrogen and oxygen atoms in total. The van der Waals surface area contributed by atoms with Gasteiger partial charge in [0.15, 0.2) is 0 Å². The molecular weight excluding hydrogens is 412 g/mol. The molecule has 2 aromatic rings. The SMILES string of the molecule is CCOc1ccc(N(CC(=O)NC(C)(C)CC(C)(C)C)S(=O)(=O)c2ccccc2)cc1. The van der Waals surface area contributed by atoms with Gasteiger partial charge >= 0.3 is 0 Å². The lowest BCUT2D eigenvalue weighted by molar-refractivity contribution is -0.121. The minimum atomic E-state index is -3.93. The molecule has 0 saturated carbocycles. The van der Waals surface area contributed by atoms with E-state index in [0.29, 0.717) is 18.0 Å². The first-order valence-corrected chi connectivity index (χ1v) is 11.9. The molecule has 0 aliphatic heterocycles. The number of ether oxygens (including phenoxy) is 1. The Bertz CT molecular complexity index is 963. The highest BCUT2D eigenvalue weighted by Crippen LogP contribution is 2.28. The highest BCUT2D eigenvalue weighted by atomic mass is 32.2. The predicted octanol–water partition coefficient (Wildman–Crippen LogP) is 4.61. The molecule has 0 radical (unpaired) electrons. The normalized spacial score (nSPS) is 12.3. The van der Waals surface area contributed by atoms with Crippen molar-refractivity contribution in [3.05, 3.63) is 54.6 Å². The van der Waals surface area contributed by atoms with E-state index in [-0.39, 0.29) is 22.8 Å². The number of nitrogens with zero attached hydrogens (tertiary/aromatic N) is 1. The molecule has 0 aliphatic rings. The lowest BCUT2D eigenvalue weighted by atomic mass is 9.82. The van der Waals surface area contributed by atoms with E-state index in [2.05, 4.69) is 26.1 Å². The van der Waals surface area contributed by atoms with E-state index in [0.717, 1.165) is 10.7 Å². The number of nitrogens with one attached hydrogen (secondary N) is 1. The van der Waals surface area contributed by atoms with E-state index in [1.54, 1.807) is 42.5 Å². The second-order valence-electron chi connectivity index (χ2n) is 9.42. The van der Waals surface area contributed by atoms with Crippen LogP contribution < -0.4 is 14.4 Å². The summed E-state index contributed by atoms with van der Waals surface area (Å²) in [6, 6.07) is 14.8. The summed E-state index contributed by atoms with van der Waals surface area (Å²) in [6.45, 7) is 12.3. The average Bonchev–Trinajstić information content (AvgIpc) is 2.65. The third-order valence-corrected chi connectivity index (χ3v) is 6.29. The smallest absolute Gasteiger partial charge is 0.264 e. The van der Waals surface area contributed by atoms with Crippen LogP contribution in [0.5, 0.6) is 5.75 Å². The molecule has 1 amide bonds. The number of carbonyl (C=O) groups is 1. The molecule has 0 aromatic heterocycles. The molecule has 0 atom stereocenters. The van der Waals surface area contributed by atoms with E-state index >= 15 is 0 Å². The highest BCUT2D eigenvalue weighted by Gasteiger charge is 2.31. The molecular formula is C24H34N2O4S. The summed E-state index contributed by atoms with van der Waals surface area (Å²) in [5, 5.41) is 3.00. The number of carbonyl (C=O) groups excluding carboxylic acids is 1. The summed E-state index contributed by atoms with van der Waals surface area (Å²) in [6.07, 6.45) is 0.750. The lowest BCUT2D eigenvalue weighted by Gasteiger charge is -2.34. The van der Waals surface area contributed by atoms with Crippen molar-refractivity contribution in [2.45, 2.75) is 58.4 Å². The van der Waals surface area contributed by atoms with Crippen LogP contribution in [0.15, 0.2) is 59.5 Å². The van der Waals surface area contributed by atoms with E-state index < -0.39 is 15.6 Å². The van der Waals surface area contributed by atoms with Crippen molar-refractivity contribution in [2.75, 3.05) is 17.5 Å². The van der Waals surface area contributed by atoms with Gasteiger partial charge in [-0.05, 0) is 69.0 Å². The minimum absolute atomic E-state index is 0.0156. The molecule has 0 saturated heterocycles. The molecule has 0 spiro atoms. The van der Waals surface area contributed by atoms with Gasteiger partial charge in [-0.1, -0.05) is 39.0 Å². The van der Waals surface area contributed by atoms with Gasteiger partial charge in [0.25, 0.3) is 10.0 Å². The zero-order valence-corrected chi connectivity index (χ0v) is 20.1. The summed E-state index contributed by atoms with van der Waals surface area (Å²) in [5.41, 5.74) is -0.0611. The number of hydrogen-bond acceptors (Lipinski definition) is 4. The van der Waals surface area contributed by atoms with Gasteiger partial charge in [-0.3, -0.25) is 9.10 Å². The van der Waals surface area contributed by atoms with Gasteiger partial charge in [0.1, 0.15) is 12.3 Å². The fourth-order valence-corrected chi connectivity index (χ4v) is 5.27. The van der Waals surface area contributed by atoms with Crippen LogP contribution in [0.2, 0.25) is 0 Å². The first-order valence-electron chi connectivity index (χ1n) is 10.5. The third-order valence-electron chi connectivity index (χ3n) is 4.50. The average molecular weight is 447 g/mol. The molecule has 0 fully saturated rings. The van der Waals surface area contributed by atoms with E-state index in [1.165, 1.54) is 12.1 Å². The fraction of sp³-hybridized carbons (Fsp3) is 0.458. The Balaban J connectivity index is 2.35. The van der Waals surface area contributed by atoms with Crippen LogP contribution in [-0.4, -0.2) is 33.0 Å². The van der Waals surface area contributed by atoms with Crippen molar-refractivity contribution in [2.24, 2.45) is 5.41 Å². The molecule has 170 valence electrons. The topological polar surface area (TPSA) is 75.7 Å². The first-order chi connectivity index (χ1) is 14.3. The van der Waals surface area contributed by atoms with Gasteiger partial charge in [-0.2, -0.15) is 0 Å². The van der Waals surface area contributed by atoms with E-state index in [4.69, 9.17) is 4.74 Å². The predicted molar refractivity (Wildman–Crippen MR) is 125 cm³/mol. The maximum absolute atomic E-state index is 13.4. The maximum atomic E-state index is 13.4. The minimum Gasteiger partial charge on any atom is -0.494 e. The van der Waals surface area contributed by atoms with Crippen molar-refractivity contribution in [1.29, 1.82) is 0 Å². The zero-order valence-electron chi connectivity index (χ0n) is 19.3. The van der Waals surface area contributed by atoms with E-state index in [9.17, 15) is 13.2 Å². The lowest BCUT2D eigenvalue weighted by Crippen LogP contribution is -2.50. The molecule has 1 N–H and O–H groups in total. The third kappa shape index (κ3) is 7.28. The second kappa shape index (κ2) is 9.73. The Kier molecular flexibility index (Phi) is 7.76. The van der Waals surface area contributed by atoms with Gasteiger partial charge in [-0.15, -0.1) is 0 Å². The number of anilines is 1. The molecule has 7 heteroatoms. The number of amides is 1. The van der Waals surface area contributed by atoms with Crippen LogP contribution in [0.3, 0.4) is 0 Å². The first kappa shape index (κ1) is 24.7. The Morgan fingerprint density at radius 3 is 2.06 bits per heavy atom. The van der Waals surface area contributed by atoms with Crippen molar-refractivity contribution >= 4 is 21.6 Å². The molecule has 2 aromatic carbocycles. The van der Waals surface area contributed by atoms with Gasteiger partial charge < -0.3 is 10.1 Å². The Labute approximate surface area is 186 Å². The summed E-state index contributed by atoms with van der Waals surface area (Å²) < 4.78 is 33.4. The summed E-state index contributed by atoms with van der Waals surface area (Å²) in [5.74, 6) is 0.279. The Morgan fingerprint density at radius 2 is 1.55 bits per heavy atom. The van der Waals surface area contributed by atoms with Gasteiger partial charge in [0, 0.05) is 5.54 Å². The number of benzene rings is 2. The number of sulfonamides is 1. The van der Waals surface area contributed by atoms with Crippen LogP contribution in [0, 0.1) is 5.41 Å². The second-order valence-corrected chi connectivity index (χ2v) is 11.3. The quantitative estimate of drug-likeness (QED) is 0.610. The molecule has 0 heterocycles. The maximum Gasteiger partial charge on any atom is 0.264 e. The number of hydrogen-bond donors (Lipinski definition) is 1. The molecule has 31 heavy (non-hydrogen) atoms. The molecule has 0 bridgehead atoms. The molecule has 0 unspecified atom stereocenters. The van der Waals surface area contributed by atoms with Crippen LogP contribution in [0.25, 0.3) is 0 Å². The largest absolute Gasteiger partial charge is 0.494 e. The van der Waals surface area contributed by atoms with Crippen molar-refractivity contribution < 1.29 is 17.9 Å². The number of rotatable bonds is 9. The van der Waals surface area contributed by atoms with Crippen molar-refractivity contribution in [3.8, 4) is 5.75 Å². The molecule has 2 rings (SSSR count). The van der Waals surface area contributed by atoms with Crippen LogP contribution in [0.1, 0.15) is 48.0 Å². The van der Waals surface area contributed by atoms with Gasteiger partial charge in [0.05, 0.1) is 17.2 Å². The van der Waals surface area contributed by atoms with Gasteiger partial charge in [-0.25, -0.2) is 8.42 Å². The zero-order chi connectivity index (χ0) is 23.3. The Morgan fingerprint density at radius 1 is 0.968 bits per heavy atom. The highest BCUT2D eigenvalue weighted by molar-refractivity contribution is 7.92. The van der Waals surface area contributed by atoms with Crippen LogP contribution in [0.4, 0.5) is 5.69 Å². The Hall–Kier alpha value is -2.54. The molecule has 0 aliphatic carbocycles. The van der Waals surface area contributed by atoms with Crippen molar-refractivity contribution in [3.63, 3.8) is 0 Å². The summed E-state index contributed by atoms with van der Waals surface area (Å²) in [7, 11) is -3.93. The van der Waals surface area contributed by atoms with Crippen LogP contribution in [-0.2, 0) is 14.8 Å². The van der Waals surface area contributed by atoms with Gasteiger partial charge in [0.2, 0.25) is 5.91 Å². The standard InChI is InChI=1S/C24H34N2O4S/c1-7-30-20-15-13-19(14-16-20)26(31(28,29)21-11-9-8-10-12-21)17-22(27)25-24(5,6)18-23(2,3)4/h8-16H,7,17-18H2,1-6H3,(H,25,27).